The monoisotopic (exact) mass is 314 g/mol. The molecule has 0 aliphatic carbocycles. The summed E-state index contributed by atoms with van der Waals surface area (Å²) in [5.41, 5.74) is 0.809. The van der Waals surface area contributed by atoms with Crippen LogP contribution in [0.25, 0.3) is 0 Å². The molecule has 1 aromatic carbocycles. The summed E-state index contributed by atoms with van der Waals surface area (Å²) in [6, 6.07) is 6.49. The fraction of sp³-hybridized carbons (Fsp3) is 0.500. The minimum atomic E-state index is -3.44. The SMILES string of the molecule is CCN(CC(C)C(=O)O)c1ccc(S(=O)(=O)N(C)C)cc1. The average molecular weight is 314 g/mol. The summed E-state index contributed by atoms with van der Waals surface area (Å²) in [6.45, 7) is 4.61. The highest BCUT2D eigenvalue weighted by Gasteiger charge is 2.19. The normalized spacial score (nSPS) is 13.2. The van der Waals surface area contributed by atoms with Crippen LogP contribution in [0, 0.1) is 5.92 Å². The minimum Gasteiger partial charge on any atom is -0.481 e. The van der Waals surface area contributed by atoms with E-state index in [0.29, 0.717) is 13.1 Å². The van der Waals surface area contributed by atoms with Gasteiger partial charge in [0.15, 0.2) is 0 Å². The predicted octanol–water partition coefficient (Wildman–Crippen LogP) is 1.48. The van der Waals surface area contributed by atoms with Crippen molar-refractivity contribution in [2.75, 3.05) is 32.1 Å². The number of anilines is 1. The summed E-state index contributed by atoms with van der Waals surface area (Å²) < 4.78 is 25.1. The molecule has 0 amide bonds. The number of carbonyl (C=O) groups is 1. The summed E-state index contributed by atoms with van der Waals surface area (Å²) in [7, 11) is -0.477. The smallest absolute Gasteiger partial charge is 0.308 e. The van der Waals surface area contributed by atoms with Crippen LogP contribution in [0.2, 0.25) is 0 Å². The maximum atomic E-state index is 12.0. The maximum absolute atomic E-state index is 12.0. The Labute approximate surface area is 126 Å². The molecule has 21 heavy (non-hydrogen) atoms. The van der Waals surface area contributed by atoms with Gasteiger partial charge >= 0.3 is 5.97 Å². The van der Waals surface area contributed by atoms with Gasteiger partial charge in [-0.25, -0.2) is 12.7 Å². The number of sulfonamides is 1. The third-order valence-electron chi connectivity index (χ3n) is 3.28. The van der Waals surface area contributed by atoms with Crippen molar-refractivity contribution in [2.24, 2.45) is 5.92 Å². The van der Waals surface area contributed by atoms with Crippen LogP contribution in [-0.4, -0.2) is 51.0 Å². The van der Waals surface area contributed by atoms with E-state index in [4.69, 9.17) is 5.11 Å². The van der Waals surface area contributed by atoms with E-state index in [1.54, 1.807) is 31.2 Å². The summed E-state index contributed by atoms with van der Waals surface area (Å²) in [5, 5.41) is 8.97. The Morgan fingerprint density at radius 3 is 2.14 bits per heavy atom. The highest BCUT2D eigenvalue weighted by molar-refractivity contribution is 7.89. The van der Waals surface area contributed by atoms with Crippen LogP contribution < -0.4 is 4.90 Å². The Bertz CT molecular complexity index is 581. The summed E-state index contributed by atoms with van der Waals surface area (Å²) in [5.74, 6) is -1.34. The molecule has 0 fully saturated rings. The van der Waals surface area contributed by atoms with E-state index < -0.39 is 21.9 Å². The lowest BCUT2D eigenvalue weighted by molar-refractivity contribution is -0.140. The van der Waals surface area contributed by atoms with Crippen LogP contribution in [0.1, 0.15) is 13.8 Å². The van der Waals surface area contributed by atoms with Gasteiger partial charge in [-0.2, -0.15) is 0 Å². The van der Waals surface area contributed by atoms with E-state index in [0.717, 1.165) is 9.99 Å². The van der Waals surface area contributed by atoms with Gasteiger partial charge in [0, 0.05) is 32.9 Å². The Balaban J connectivity index is 2.97. The van der Waals surface area contributed by atoms with Crippen molar-refractivity contribution in [3.63, 3.8) is 0 Å². The van der Waals surface area contributed by atoms with Crippen LogP contribution in [0.3, 0.4) is 0 Å². The first-order valence-corrected chi connectivity index (χ1v) is 8.14. The Kier molecular flexibility index (Phi) is 5.74. The molecule has 1 rings (SSSR count). The zero-order valence-corrected chi connectivity index (χ0v) is 13.6. The second-order valence-electron chi connectivity index (χ2n) is 5.06. The quantitative estimate of drug-likeness (QED) is 0.825. The lowest BCUT2D eigenvalue weighted by Crippen LogP contribution is -2.31. The molecule has 118 valence electrons. The molecule has 0 saturated heterocycles. The summed E-state index contributed by atoms with van der Waals surface area (Å²) in [6.07, 6.45) is 0. The Hall–Kier alpha value is -1.60. The second kappa shape index (κ2) is 6.91. The molecule has 0 saturated carbocycles. The molecule has 1 N–H and O–H groups in total. The molecule has 0 aromatic heterocycles. The standard InChI is InChI=1S/C14H22N2O4S/c1-5-16(10-11(2)14(17)18)12-6-8-13(9-7-12)21(19,20)15(3)4/h6-9,11H,5,10H2,1-4H3,(H,17,18). The molecule has 7 heteroatoms. The fourth-order valence-corrected chi connectivity index (χ4v) is 2.77. The highest BCUT2D eigenvalue weighted by atomic mass is 32.2. The van der Waals surface area contributed by atoms with Crippen LogP contribution in [0.15, 0.2) is 29.2 Å². The van der Waals surface area contributed by atoms with Crippen LogP contribution in [0.5, 0.6) is 0 Å². The summed E-state index contributed by atoms with van der Waals surface area (Å²) >= 11 is 0. The van der Waals surface area contributed by atoms with E-state index in [-0.39, 0.29) is 4.90 Å². The topological polar surface area (TPSA) is 77.9 Å². The van der Waals surface area contributed by atoms with Gasteiger partial charge in [0.25, 0.3) is 0 Å². The third kappa shape index (κ3) is 4.18. The molecule has 0 bridgehead atoms. The van der Waals surface area contributed by atoms with Crippen molar-refractivity contribution < 1.29 is 18.3 Å². The molecule has 0 spiro atoms. The lowest BCUT2D eigenvalue weighted by Gasteiger charge is -2.25. The van der Waals surface area contributed by atoms with Gasteiger partial charge in [0.05, 0.1) is 10.8 Å². The van der Waals surface area contributed by atoms with E-state index in [1.807, 2.05) is 11.8 Å². The minimum absolute atomic E-state index is 0.221. The highest BCUT2D eigenvalue weighted by Crippen LogP contribution is 2.20. The molecule has 0 heterocycles. The Morgan fingerprint density at radius 2 is 1.76 bits per heavy atom. The van der Waals surface area contributed by atoms with E-state index >= 15 is 0 Å². The van der Waals surface area contributed by atoms with Gasteiger partial charge in [0.1, 0.15) is 0 Å². The van der Waals surface area contributed by atoms with Gasteiger partial charge in [0.2, 0.25) is 10.0 Å². The average Bonchev–Trinajstić information content (AvgIpc) is 2.44. The second-order valence-corrected chi connectivity index (χ2v) is 7.21. The molecule has 0 aliphatic heterocycles. The first kappa shape index (κ1) is 17.5. The van der Waals surface area contributed by atoms with Gasteiger partial charge in [-0.3, -0.25) is 4.79 Å². The maximum Gasteiger partial charge on any atom is 0.308 e. The number of nitrogens with zero attached hydrogens (tertiary/aromatic N) is 2. The first-order valence-electron chi connectivity index (χ1n) is 6.70. The van der Waals surface area contributed by atoms with E-state index in [2.05, 4.69) is 0 Å². The molecule has 6 nitrogen and oxygen atoms in total. The van der Waals surface area contributed by atoms with Crippen molar-refractivity contribution in [3.8, 4) is 0 Å². The van der Waals surface area contributed by atoms with Gasteiger partial charge in [-0.15, -0.1) is 0 Å². The van der Waals surface area contributed by atoms with Gasteiger partial charge in [-0.1, -0.05) is 6.92 Å². The Morgan fingerprint density at radius 1 is 1.24 bits per heavy atom. The molecule has 0 aliphatic rings. The molecular weight excluding hydrogens is 292 g/mol. The van der Waals surface area contributed by atoms with Crippen molar-refractivity contribution >= 4 is 21.7 Å². The fourth-order valence-electron chi connectivity index (χ4n) is 1.87. The number of benzene rings is 1. The predicted molar refractivity (Wildman–Crippen MR) is 82.0 cm³/mol. The van der Waals surface area contributed by atoms with Crippen LogP contribution in [-0.2, 0) is 14.8 Å². The molecular formula is C14H22N2O4S. The lowest BCUT2D eigenvalue weighted by atomic mass is 10.1. The van der Waals surface area contributed by atoms with Crippen molar-refractivity contribution in [1.82, 2.24) is 4.31 Å². The summed E-state index contributed by atoms with van der Waals surface area (Å²) in [4.78, 5) is 13.1. The molecule has 0 radical (unpaired) electrons. The molecule has 1 unspecified atom stereocenters. The first-order chi connectivity index (χ1) is 9.70. The zero-order chi connectivity index (χ0) is 16.2. The van der Waals surface area contributed by atoms with Crippen LogP contribution >= 0.6 is 0 Å². The number of aliphatic carboxylic acids is 1. The van der Waals surface area contributed by atoms with E-state index in [9.17, 15) is 13.2 Å². The third-order valence-corrected chi connectivity index (χ3v) is 5.11. The van der Waals surface area contributed by atoms with Crippen molar-refractivity contribution in [1.29, 1.82) is 0 Å². The largest absolute Gasteiger partial charge is 0.481 e. The van der Waals surface area contributed by atoms with Crippen LogP contribution in [0.4, 0.5) is 5.69 Å². The molecule has 1 atom stereocenters. The number of carboxylic acid groups (broad SMARTS) is 1. The zero-order valence-electron chi connectivity index (χ0n) is 12.8. The van der Waals surface area contributed by atoms with Crippen molar-refractivity contribution in [2.45, 2.75) is 18.7 Å². The van der Waals surface area contributed by atoms with Gasteiger partial charge < -0.3 is 10.0 Å². The molecule has 1 aromatic rings. The van der Waals surface area contributed by atoms with Crippen molar-refractivity contribution in [3.05, 3.63) is 24.3 Å². The number of hydrogen-bond donors (Lipinski definition) is 1. The number of hydrogen-bond acceptors (Lipinski definition) is 4. The van der Waals surface area contributed by atoms with E-state index in [1.165, 1.54) is 14.1 Å². The number of carboxylic acids is 1. The number of rotatable bonds is 7. The van der Waals surface area contributed by atoms with Gasteiger partial charge in [-0.05, 0) is 31.2 Å².